The minimum Gasteiger partial charge on any atom is -0.299 e. The van der Waals surface area contributed by atoms with Crippen molar-refractivity contribution in [2.24, 2.45) is 17.3 Å². The van der Waals surface area contributed by atoms with E-state index in [1.807, 2.05) is 30.3 Å². The fourth-order valence-corrected chi connectivity index (χ4v) is 3.60. The maximum atomic E-state index is 12.8. The molecule has 2 rings (SSSR count). The third-order valence-corrected chi connectivity index (χ3v) is 4.97. The standard InChI is InChI=1S/C19H29NO/c1-14-11-15(2)16(3)20(12-14)13-19(4,5)18(21)17-9-7-6-8-10-17/h6-10,14-16H,11-13H2,1-5H3. The van der Waals surface area contributed by atoms with Crippen molar-refractivity contribution in [3.05, 3.63) is 35.9 Å². The molecule has 0 radical (unpaired) electrons. The van der Waals surface area contributed by atoms with E-state index in [9.17, 15) is 4.79 Å². The molecule has 2 heteroatoms. The monoisotopic (exact) mass is 287 g/mol. The van der Waals surface area contributed by atoms with E-state index in [0.717, 1.165) is 24.6 Å². The van der Waals surface area contributed by atoms with Gasteiger partial charge in [0.25, 0.3) is 0 Å². The zero-order valence-electron chi connectivity index (χ0n) is 14.1. The molecule has 0 aromatic heterocycles. The minimum absolute atomic E-state index is 0.251. The summed E-state index contributed by atoms with van der Waals surface area (Å²) in [5, 5.41) is 0. The van der Waals surface area contributed by atoms with Crippen LogP contribution in [0.2, 0.25) is 0 Å². The van der Waals surface area contributed by atoms with E-state index in [1.165, 1.54) is 6.42 Å². The molecule has 21 heavy (non-hydrogen) atoms. The van der Waals surface area contributed by atoms with Gasteiger partial charge in [-0.25, -0.2) is 0 Å². The number of hydrogen-bond acceptors (Lipinski definition) is 2. The lowest BCUT2D eigenvalue weighted by Gasteiger charge is -2.44. The van der Waals surface area contributed by atoms with E-state index in [0.29, 0.717) is 12.0 Å². The molecule has 1 aliphatic rings. The van der Waals surface area contributed by atoms with Crippen LogP contribution in [0.25, 0.3) is 0 Å². The fourth-order valence-electron chi connectivity index (χ4n) is 3.60. The molecule has 0 bridgehead atoms. The second kappa shape index (κ2) is 6.31. The second-order valence-corrected chi connectivity index (χ2v) is 7.57. The smallest absolute Gasteiger partial charge is 0.169 e. The van der Waals surface area contributed by atoms with Crippen LogP contribution in [0.3, 0.4) is 0 Å². The van der Waals surface area contributed by atoms with Crippen LogP contribution >= 0.6 is 0 Å². The Hall–Kier alpha value is -1.15. The average Bonchev–Trinajstić information content (AvgIpc) is 2.44. The van der Waals surface area contributed by atoms with Gasteiger partial charge in [-0.3, -0.25) is 9.69 Å². The summed E-state index contributed by atoms with van der Waals surface area (Å²) in [6, 6.07) is 10.3. The highest BCUT2D eigenvalue weighted by Crippen LogP contribution is 2.31. The van der Waals surface area contributed by atoms with Gasteiger partial charge in [0, 0.05) is 30.1 Å². The van der Waals surface area contributed by atoms with E-state index in [-0.39, 0.29) is 11.2 Å². The number of carbonyl (C=O) groups is 1. The van der Waals surface area contributed by atoms with E-state index in [4.69, 9.17) is 0 Å². The molecule has 3 unspecified atom stereocenters. The van der Waals surface area contributed by atoms with Gasteiger partial charge in [0.15, 0.2) is 5.78 Å². The van der Waals surface area contributed by atoms with Crippen LogP contribution in [-0.2, 0) is 0 Å². The van der Waals surface area contributed by atoms with Crippen LogP contribution in [-0.4, -0.2) is 29.8 Å². The highest BCUT2D eigenvalue weighted by atomic mass is 16.1. The predicted molar refractivity (Wildman–Crippen MR) is 88.5 cm³/mol. The number of likely N-dealkylation sites (tertiary alicyclic amines) is 1. The summed E-state index contributed by atoms with van der Waals surface area (Å²) < 4.78 is 0. The van der Waals surface area contributed by atoms with Gasteiger partial charge in [0.1, 0.15) is 0 Å². The van der Waals surface area contributed by atoms with Gasteiger partial charge in [0.05, 0.1) is 0 Å². The van der Waals surface area contributed by atoms with E-state index in [1.54, 1.807) is 0 Å². The van der Waals surface area contributed by atoms with Crippen LogP contribution in [0.1, 0.15) is 51.4 Å². The van der Waals surface area contributed by atoms with Crippen LogP contribution in [0.4, 0.5) is 0 Å². The van der Waals surface area contributed by atoms with Gasteiger partial charge < -0.3 is 0 Å². The summed E-state index contributed by atoms with van der Waals surface area (Å²) in [4.78, 5) is 15.3. The third kappa shape index (κ3) is 3.74. The first-order chi connectivity index (χ1) is 9.81. The van der Waals surface area contributed by atoms with E-state index < -0.39 is 0 Å². The van der Waals surface area contributed by atoms with Crippen molar-refractivity contribution in [2.75, 3.05) is 13.1 Å². The molecular weight excluding hydrogens is 258 g/mol. The number of carbonyl (C=O) groups excluding carboxylic acids is 1. The molecule has 1 saturated heterocycles. The molecule has 1 aromatic rings. The Morgan fingerprint density at radius 3 is 2.43 bits per heavy atom. The Labute approximate surface area is 129 Å². The number of benzene rings is 1. The number of hydrogen-bond donors (Lipinski definition) is 0. The molecule has 0 saturated carbocycles. The first kappa shape index (κ1) is 16.2. The van der Waals surface area contributed by atoms with Crippen molar-refractivity contribution in [2.45, 2.75) is 47.1 Å². The fraction of sp³-hybridized carbons (Fsp3) is 0.632. The molecule has 1 aliphatic heterocycles. The van der Waals surface area contributed by atoms with Crippen LogP contribution in [0.15, 0.2) is 30.3 Å². The molecule has 0 aliphatic carbocycles. The summed E-state index contributed by atoms with van der Waals surface area (Å²) in [6.07, 6.45) is 1.30. The lowest BCUT2D eigenvalue weighted by Crippen LogP contribution is -2.50. The van der Waals surface area contributed by atoms with Gasteiger partial charge in [0.2, 0.25) is 0 Å². The second-order valence-electron chi connectivity index (χ2n) is 7.57. The molecule has 1 aromatic carbocycles. The number of nitrogens with zero attached hydrogens (tertiary/aromatic N) is 1. The average molecular weight is 287 g/mol. The Morgan fingerprint density at radius 2 is 1.81 bits per heavy atom. The molecule has 0 N–H and O–H groups in total. The summed E-state index contributed by atoms with van der Waals surface area (Å²) in [5.41, 5.74) is 0.486. The number of rotatable bonds is 4. The first-order valence-corrected chi connectivity index (χ1v) is 8.15. The molecule has 1 heterocycles. The normalized spacial score (nSPS) is 27.6. The number of piperidine rings is 1. The van der Waals surface area contributed by atoms with Crippen LogP contribution in [0.5, 0.6) is 0 Å². The van der Waals surface area contributed by atoms with Crippen LogP contribution < -0.4 is 0 Å². The van der Waals surface area contributed by atoms with Gasteiger partial charge >= 0.3 is 0 Å². The largest absolute Gasteiger partial charge is 0.299 e. The molecule has 1 fully saturated rings. The number of ketones is 1. The Kier molecular flexibility index (Phi) is 4.88. The van der Waals surface area contributed by atoms with Crippen molar-refractivity contribution in [3.8, 4) is 0 Å². The molecule has 2 nitrogen and oxygen atoms in total. The third-order valence-electron chi connectivity index (χ3n) is 4.97. The lowest BCUT2D eigenvalue weighted by atomic mass is 9.80. The minimum atomic E-state index is -0.341. The Bertz CT molecular complexity index is 480. The zero-order chi connectivity index (χ0) is 15.6. The topological polar surface area (TPSA) is 20.3 Å². The van der Waals surface area contributed by atoms with Crippen molar-refractivity contribution in [1.29, 1.82) is 0 Å². The van der Waals surface area contributed by atoms with Crippen molar-refractivity contribution >= 4 is 5.78 Å². The summed E-state index contributed by atoms with van der Waals surface area (Å²) in [5.74, 6) is 1.68. The maximum absolute atomic E-state index is 12.8. The number of Topliss-reactive ketones (excluding diaryl/α,β-unsaturated/α-hetero) is 1. The van der Waals surface area contributed by atoms with Crippen LogP contribution in [0, 0.1) is 17.3 Å². The highest BCUT2D eigenvalue weighted by molar-refractivity contribution is 6.00. The molecule has 116 valence electrons. The first-order valence-electron chi connectivity index (χ1n) is 8.15. The van der Waals surface area contributed by atoms with E-state index >= 15 is 0 Å². The SMILES string of the molecule is CC1CC(C)C(C)N(CC(C)(C)C(=O)c2ccccc2)C1. The zero-order valence-corrected chi connectivity index (χ0v) is 14.1. The quantitative estimate of drug-likeness (QED) is 0.771. The Morgan fingerprint density at radius 1 is 1.19 bits per heavy atom. The summed E-state index contributed by atoms with van der Waals surface area (Å²) >= 11 is 0. The van der Waals surface area contributed by atoms with Gasteiger partial charge in [-0.1, -0.05) is 58.0 Å². The molecule has 0 amide bonds. The van der Waals surface area contributed by atoms with Crippen molar-refractivity contribution in [1.82, 2.24) is 4.90 Å². The van der Waals surface area contributed by atoms with Gasteiger partial charge in [-0.15, -0.1) is 0 Å². The summed E-state index contributed by atoms with van der Waals surface area (Å²) in [6.45, 7) is 13.1. The highest BCUT2D eigenvalue weighted by Gasteiger charge is 2.36. The summed E-state index contributed by atoms with van der Waals surface area (Å²) in [7, 11) is 0. The predicted octanol–water partition coefficient (Wildman–Crippen LogP) is 4.26. The van der Waals surface area contributed by atoms with Gasteiger partial charge in [-0.05, 0) is 25.2 Å². The Balaban J connectivity index is 2.11. The van der Waals surface area contributed by atoms with Gasteiger partial charge in [-0.2, -0.15) is 0 Å². The lowest BCUT2D eigenvalue weighted by molar-refractivity contribution is 0.0410. The molecular formula is C19H29NO. The van der Waals surface area contributed by atoms with E-state index in [2.05, 4.69) is 39.5 Å². The van der Waals surface area contributed by atoms with Crippen molar-refractivity contribution < 1.29 is 4.79 Å². The van der Waals surface area contributed by atoms with Crippen molar-refractivity contribution in [3.63, 3.8) is 0 Å². The maximum Gasteiger partial charge on any atom is 0.169 e. The molecule has 0 spiro atoms. The molecule has 3 atom stereocenters.